The molecule has 0 saturated carbocycles. The van der Waals surface area contributed by atoms with E-state index in [9.17, 15) is 0 Å². The summed E-state index contributed by atoms with van der Waals surface area (Å²) in [4.78, 5) is 4.40. The molecule has 2 unspecified atom stereocenters. The van der Waals surface area contributed by atoms with Crippen LogP contribution in [0.5, 0.6) is 0 Å². The molecule has 0 aliphatic carbocycles. The van der Waals surface area contributed by atoms with Crippen molar-refractivity contribution >= 4 is 6.21 Å². The molecule has 2 aliphatic rings. The average Bonchev–Trinajstić information content (AvgIpc) is 2.31. The first-order valence-corrected chi connectivity index (χ1v) is 3.89. The van der Waals surface area contributed by atoms with E-state index in [4.69, 9.17) is 0 Å². The van der Waals surface area contributed by atoms with Gasteiger partial charge in [0.15, 0.2) is 0 Å². The van der Waals surface area contributed by atoms with Crippen molar-refractivity contribution in [1.82, 2.24) is 5.32 Å². The van der Waals surface area contributed by atoms with Crippen molar-refractivity contribution in [1.29, 1.82) is 0 Å². The van der Waals surface area contributed by atoms with Gasteiger partial charge in [-0.25, -0.2) is 0 Å². The van der Waals surface area contributed by atoms with Gasteiger partial charge in [-0.15, -0.1) is 0 Å². The minimum absolute atomic E-state index is 0.0984. The Morgan fingerprint density at radius 2 is 2.45 bits per heavy atom. The molecule has 0 aromatic heterocycles. The van der Waals surface area contributed by atoms with Gasteiger partial charge in [0, 0.05) is 12.1 Å². The molecule has 0 bridgehead atoms. The highest BCUT2D eigenvalue weighted by Gasteiger charge is 2.36. The summed E-state index contributed by atoms with van der Waals surface area (Å²) >= 11 is 0. The van der Waals surface area contributed by atoms with Crippen molar-refractivity contribution in [2.75, 3.05) is 0 Å². The van der Waals surface area contributed by atoms with Crippen molar-refractivity contribution in [3.05, 3.63) is 23.9 Å². The summed E-state index contributed by atoms with van der Waals surface area (Å²) in [6.45, 7) is 4.26. The SMILES string of the molecule is CC1=CC=NC2(C)NC=CC12. The fourth-order valence-electron chi connectivity index (χ4n) is 1.72. The largest absolute Gasteiger partial charge is 0.367 e. The van der Waals surface area contributed by atoms with E-state index < -0.39 is 0 Å². The molecule has 11 heavy (non-hydrogen) atoms. The molecule has 0 saturated heterocycles. The van der Waals surface area contributed by atoms with Crippen LogP contribution in [0.2, 0.25) is 0 Å². The number of nitrogens with zero attached hydrogens (tertiary/aromatic N) is 1. The molecule has 0 aromatic carbocycles. The molecular formula is C9H12N2. The van der Waals surface area contributed by atoms with Crippen LogP contribution in [0, 0.1) is 5.92 Å². The highest BCUT2D eigenvalue weighted by Crippen LogP contribution is 2.32. The number of allylic oxidation sites excluding steroid dienone is 1. The molecule has 2 aliphatic heterocycles. The first kappa shape index (κ1) is 6.65. The molecule has 2 rings (SSSR count). The summed E-state index contributed by atoms with van der Waals surface area (Å²) in [5, 5.41) is 3.25. The lowest BCUT2D eigenvalue weighted by molar-refractivity contribution is 0.374. The molecule has 2 heteroatoms. The minimum atomic E-state index is -0.0984. The predicted molar refractivity (Wildman–Crippen MR) is 46.4 cm³/mol. The second kappa shape index (κ2) is 1.97. The number of hydrogen-bond donors (Lipinski definition) is 1. The Kier molecular flexibility index (Phi) is 1.19. The van der Waals surface area contributed by atoms with Crippen molar-refractivity contribution in [3.8, 4) is 0 Å². The Hall–Kier alpha value is -1.05. The lowest BCUT2D eigenvalue weighted by Crippen LogP contribution is -2.41. The van der Waals surface area contributed by atoms with E-state index in [0.717, 1.165) is 0 Å². The Morgan fingerprint density at radius 3 is 3.18 bits per heavy atom. The quantitative estimate of drug-likeness (QED) is 0.552. The van der Waals surface area contributed by atoms with Crippen LogP contribution in [0.15, 0.2) is 28.9 Å². The molecule has 2 atom stereocenters. The first-order chi connectivity index (χ1) is 5.22. The van der Waals surface area contributed by atoms with Gasteiger partial charge < -0.3 is 5.32 Å². The summed E-state index contributed by atoms with van der Waals surface area (Å²) in [6, 6.07) is 0. The molecule has 0 aromatic rings. The fourth-order valence-corrected chi connectivity index (χ4v) is 1.72. The maximum Gasteiger partial charge on any atom is 0.136 e. The maximum absolute atomic E-state index is 4.40. The van der Waals surface area contributed by atoms with Crippen LogP contribution in [0.4, 0.5) is 0 Å². The first-order valence-electron chi connectivity index (χ1n) is 3.89. The number of hydrogen-bond acceptors (Lipinski definition) is 2. The topological polar surface area (TPSA) is 24.4 Å². The van der Waals surface area contributed by atoms with Crippen LogP contribution >= 0.6 is 0 Å². The van der Waals surface area contributed by atoms with Gasteiger partial charge >= 0.3 is 0 Å². The molecule has 2 heterocycles. The standard InChI is InChI=1S/C9H12N2/c1-7-3-5-10-9(2)8(7)4-6-11-9/h3-6,8,11H,1-2H3. The molecule has 58 valence electrons. The zero-order valence-electron chi connectivity index (χ0n) is 6.83. The van der Waals surface area contributed by atoms with Gasteiger partial charge in [0.25, 0.3) is 0 Å². The van der Waals surface area contributed by atoms with Gasteiger partial charge in [-0.05, 0) is 26.1 Å². The summed E-state index contributed by atoms with van der Waals surface area (Å²) in [5.41, 5.74) is 1.28. The van der Waals surface area contributed by atoms with Gasteiger partial charge in [-0.3, -0.25) is 4.99 Å². The fraction of sp³-hybridized carbons (Fsp3) is 0.444. The molecule has 2 nitrogen and oxygen atoms in total. The van der Waals surface area contributed by atoms with Crippen LogP contribution in [0.3, 0.4) is 0 Å². The van der Waals surface area contributed by atoms with E-state index in [2.05, 4.69) is 36.3 Å². The number of fused-ring (bicyclic) bond motifs is 1. The molecule has 1 N–H and O–H groups in total. The molecule has 0 fully saturated rings. The third-order valence-electron chi connectivity index (χ3n) is 2.44. The number of aliphatic imine (C=N–C) groups is 1. The van der Waals surface area contributed by atoms with E-state index in [1.54, 1.807) is 0 Å². The highest BCUT2D eigenvalue weighted by atomic mass is 15.1. The van der Waals surface area contributed by atoms with Crippen molar-refractivity contribution in [2.45, 2.75) is 19.5 Å². The maximum atomic E-state index is 4.40. The summed E-state index contributed by atoms with van der Waals surface area (Å²) in [6.07, 6.45) is 8.11. The normalized spacial score (nSPS) is 39.8. The third kappa shape index (κ3) is 0.821. The average molecular weight is 148 g/mol. The van der Waals surface area contributed by atoms with Crippen molar-refractivity contribution in [3.63, 3.8) is 0 Å². The Morgan fingerprint density at radius 1 is 1.64 bits per heavy atom. The van der Waals surface area contributed by atoms with Crippen LogP contribution in [0.1, 0.15) is 13.8 Å². The summed E-state index contributed by atoms with van der Waals surface area (Å²) < 4.78 is 0. The predicted octanol–water partition coefficient (Wildman–Crippen LogP) is 1.47. The van der Waals surface area contributed by atoms with Gasteiger partial charge in [0.2, 0.25) is 0 Å². The second-order valence-electron chi connectivity index (χ2n) is 3.32. The third-order valence-corrected chi connectivity index (χ3v) is 2.44. The van der Waals surface area contributed by atoms with Gasteiger partial charge in [0.05, 0.1) is 0 Å². The lowest BCUT2D eigenvalue weighted by Gasteiger charge is -2.30. The van der Waals surface area contributed by atoms with Gasteiger partial charge in [-0.1, -0.05) is 11.6 Å². The van der Waals surface area contributed by atoms with Crippen molar-refractivity contribution in [2.24, 2.45) is 10.9 Å². The smallest absolute Gasteiger partial charge is 0.136 e. The Balaban J connectivity index is 2.40. The Labute approximate surface area is 66.7 Å². The molecule has 0 spiro atoms. The van der Waals surface area contributed by atoms with E-state index >= 15 is 0 Å². The van der Waals surface area contributed by atoms with Crippen LogP contribution in [-0.4, -0.2) is 11.9 Å². The zero-order valence-corrected chi connectivity index (χ0v) is 6.83. The van der Waals surface area contributed by atoms with Crippen LogP contribution < -0.4 is 5.32 Å². The van der Waals surface area contributed by atoms with Gasteiger partial charge in [-0.2, -0.15) is 0 Å². The molecule has 0 radical (unpaired) electrons. The lowest BCUT2D eigenvalue weighted by atomic mass is 9.88. The summed E-state index contributed by atoms with van der Waals surface area (Å²) in [7, 11) is 0. The van der Waals surface area contributed by atoms with E-state index in [-0.39, 0.29) is 5.66 Å². The number of nitrogens with one attached hydrogen (secondary N) is 1. The van der Waals surface area contributed by atoms with Crippen molar-refractivity contribution < 1.29 is 0 Å². The number of dihydropyridines is 1. The van der Waals surface area contributed by atoms with E-state index in [1.165, 1.54) is 5.57 Å². The van der Waals surface area contributed by atoms with E-state index in [0.29, 0.717) is 5.92 Å². The van der Waals surface area contributed by atoms with Gasteiger partial charge in [0.1, 0.15) is 5.66 Å². The zero-order chi connectivity index (χ0) is 7.90. The minimum Gasteiger partial charge on any atom is -0.367 e. The Bertz CT molecular complexity index is 263. The monoisotopic (exact) mass is 148 g/mol. The summed E-state index contributed by atoms with van der Waals surface area (Å²) in [5.74, 6) is 0.451. The molecular weight excluding hydrogens is 136 g/mol. The number of rotatable bonds is 0. The second-order valence-corrected chi connectivity index (χ2v) is 3.32. The van der Waals surface area contributed by atoms with E-state index in [1.807, 2.05) is 12.4 Å². The van der Waals surface area contributed by atoms with Crippen LogP contribution in [0.25, 0.3) is 0 Å². The highest BCUT2D eigenvalue weighted by molar-refractivity contribution is 5.74. The molecule has 0 amide bonds. The van der Waals surface area contributed by atoms with Crippen LogP contribution in [-0.2, 0) is 0 Å².